The van der Waals surface area contributed by atoms with Crippen LogP contribution in [-0.4, -0.2) is 19.0 Å². The zero-order chi connectivity index (χ0) is 12.9. The molecule has 94 valence electrons. The van der Waals surface area contributed by atoms with Crippen LogP contribution in [0.5, 0.6) is 0 Å². The molecule has 0 radical (unpaired) electrons. The summed E-state index contributed by atoms with van der Waals surface area (Å²) in [5.74, 6) is 0.00766. The number of benzene rings is 1. The Morgan fingerprint density at radius 3 is 2.47 bits per heavy atom. The Morgan fingerprint density at radius 2 is 1.94 bits per heavy atom. The maximum absolute atomic E-state index is 12.0. The quantitative estimate of drug-likeness (QED) is 0.791. The van der Waals surface area contributed by atoms with Gasteiger partial charge in [-0.05, 0) is 44.5 Å². The lowest BCUT2D eigenvalue weighted by Gasteiger charge is -2.24. The van der Waals surface area contributed by atoms with Gasteiger partial charge in [0.15, 0.2) is 0 Å². The molecule has 1 aromatic carbocycles. The molecular weight excluding hydrogens is 236 g/mol. The van der Waals surface area contributed by atoms with Gasteiger partial charge in [-0.1, -0.05) is 23.7 Å². The Morgan fingerprint density at radius 1 is 1.35 bits per heavy atom. The predicted molar refractivity (Wildman–Crippen MR) is 71.2 cm³/mol. The molecule has 0 aromatic heterocycles. The normalized spacial score (nSPS) is 11.3. The SMILES string of the molecule is CC(C)(C(=O)NCCCN)c1ccc(Cl)cc1. The van der Waals surface area contributed by atoms with Crippen molar-refractivity contribution in [3.05, 3.63) is 34.9 Å². The van der Waals surface area contributed by atoms with E-state index in [9.17, 15) is 4.79 Å². The van der Waals surface area contributed by atoms with Crippen molar-refractivity contribution in [2.75, 3.05) is 13.1 Å². The molecule has 0 aliphatic heterocycles. The molecule has 1 amide bonds. The third-order valence-electron chi connectivity index (χ3n) is 2.80. The second-order valence-corrected chi connectivity index (χ2v) is 4.97. The Kier molecular flexibility index (Phi) is 4.97. The maximum atomic E-state index is 12.0. The number of nitrogens with two attached hydrogens (primary N) is 1. The van der Waals surface area contributed by atoms with Gasteiger partial charge in [0.05, 0.1) is 5.41 Å². The minimum atomic E-state index is -0.556. The van der Waals surface area contributed by atoms with E-state index < -0.39 is 5.41 Å². The van der Waals surface area contributed by atoms with Gasteiger partial charge in [0.2, 0.25) is 5.91 Å². The lowest BCUT2D eigenvalue weighted by Crippen LogP contribution is -2.40. The van der Waals surface area contributed by atoms with E-state index in [1.54, 1.807) is 12.1 Å². The van der Waals surface area contributed by atoms with E-state index in [0.717, 1.165) is 12.0 Å². The van der Waals surface area contributed by atoms with Gasteiger partial charge in [-0.3, -0.25) is 4.79 Å². The van der Waals surface area contributed by atoms with Crippen molar-refractivity contribution in [1.29, 1.82) is 0 Å². The highest BCUT2D eigenvalue weighted by Crippen LogP contribution is 2.24. The summed E-state index contributed by atoms with van der Waals surface area (Å²) in [6.45, 7) is 5.00. The van der Waals surface area contributed by atoms with Gasteiger partial charge in [0.25, 0.3) is 0 Å². The third-order valence-corrected chi connectivity index (χ3v) is 3.05. The van der Waals surface area contributed by atoms with Crippen molar-refractivity contribution in [3.63, 3.8) is 0 Å². The van der Waals surface area contributed by atoms with Crippen LogP contribution in [0, 0.1) is 0 Å². The number of carbonyl (C=O) groups excluding carboxylic acids is 1. The van der Waals surface area contributed by atoms with Gasteiger partial charge in [-0.2, -0.15) is 0 Å². The van der Waals surface area contributed by atoms with Crippen LogP contribution in [0.4, 0.5) is 0 Å². The first-order valence-electron chi connectivity index (χ1n) is 5.73. The van der Waals surface area contributed by atoms with Gasteiger partial charge in [-0.15, -0.1) is 0 Å². The molecular formula is C13H19ClN2O. The number of amides is 1. The van der Waals surface area contributed by atoms with Gasteiger partial charge < -0.3 is 11.1 Å². The third kappa shape index (κ3) is 3.72. The summed E-state index contributed by atoms with van der Waals surface area (Å²) < 4.78 is 0. The van der Waals surface area contributed by atoms with Crippen molar-refractivity contribution in [2.45, 2.75) is 25.7 Å². The molecule has 3 nitrogen and oxygen atoms in total. The van der Waals surface area contributed by atoms with Crippen molar-refractivity contribution in [1.82, 2.24) is 5.32 Å². The zero-order valence-corrected chi connectivity index (χ0v) is 11.1. The molecule has 0 fully saturated rings. The molecule has 17 heavy (non-hydrogen) atoms. The van der Waals surface area contributed by atoms with E-state index in [1.807, 2.05) is 26.0 Å². The number of rotatable bonds is 5. The van der Waals surface area contributed by atoms with Crippen LogP contribution in [-0.2, 0) is 10.2 Å². The van der Waals surface area contributed by atoms with Crippen LogP contribution in [0.25, 0.3) is 0 Å². The van der Waals surface area contributed by atoms with Crippen LogP contribution in [0.3, 0.4) is 0 Å². The first-order valence-corrected chi connectivity index (χ1v) is 6.10. The molecule has 0 bridgehead atoms. The summed E-state index contributed by atoms with van der Waals surface area (Å²) >= 11 is 5.83. The first-order chi connectivity index (χ1) is 7.98. The Bertz CT molecular complexity index is 374. The molecule has 0 saturated carbocycles. The van der Waals surface area contributed by atoms with Crippen LogP contribution in [0.15, 0.2) is 24.3 Å². The van der Waals surface area contributed by atoms with Gasteiger partial charge in [0, 0.05) is 11.6 Å². The average molecular weight is 255 g/mol. The summed E-state index contributed by atoms with van der Waals surface area (Å²) in [6, 6.07) is 7.35. The molecule has 0 atom stereocenters. The van der Waals surface area contributed by atoms with Crippen LogP contribution in [0.2, 0.25) is 5.02 Å². The monoisotopic (exact) mass is 254 g/mol. The van der Waals surface area contributed by atoms with E-state index in [-0.39, 0.29) is 5.91 Å². The topological polar surface area (TPSA) is 55.1 Å². The smallest absolute Gasteiger partial charge is 0.230 e. The van der Waals surface area contributed by atoms with Crippen LogP contribution in [0.1, 0.15) is 25.8 Å². The molecule has 4 heteroatoms. The number of hydrogen-bond donors (Lipinski definition) is 2. The second-order valence-electron chi connectivity index (χ2n) is 4.53. The summed E-state index contributed by atoms with van der Waals surface area (Å²) in [4.78, 5) is 12.0. The fraction of sp³-hybridized carbons (Fsp3) is 0.462. The number of nitrogens with one attached hydrogen (secondary N) is 1. The largest absolute Gasteiger partial charge is 0.355 e. The summed E-state index contributed by atoms with van der Waals surface area (Å²) in [5.41, 5.74) is 5.78. The average Bonchev–Trinajstić information content (AvgIpc) is 2.29. The minimum absolute atomic E-state index is 0.00766. The molecule has 1 rings (SSSR count). The van der Waals surface area contributed by atoms with E-state index in [4.69, 9.17) is 17.3 Å². The van der Waals surface area contributed by atoms with E-state index in [1.165, 1.54) is 0 Å². The lowest BCUT2D eigenvalue weighted by molar-refractivity contribution is -0.125. The minimum Gasteiger partial charge on any atom is -0.355 e. The highest BCUT2D eigenvalue weighted by atomic mass is 35.5. The molecule has 1 aromatic rings. The Balaban J connectivity index is 2.72. The molecule has 3 N–H and O–H groups in total. The zero-order valence-electron chi connectivity index (χ0n) is 10.3. The number of carbonyl (C=O) groups is 1. The lowest BCUT2D eigenvalue weighted by atomic mass is 9.84. The molecule has 0 heterocycles. The van der Waals surface area contributed by atoms with E-state index in [0.29, 0.717) is 18.1 Å². The standard InChI is InChI=1S/C13H19ClN2O/c1-13(2,12(17)16-9-3-8-15)10-4-6-11(14)7-5-10/h4-7H,3,8-9,15H2,1-2H3,(H,16,17). The highest BCUT2D eigenvalue weighted by molar-refractivity contribution is 6.30. The summed E-state index contributed by atoms with van der Waals surface area (Å²) in [5, 5.41) is 3.56. The van der Waals surface area contributed by atoms with Crippen molar-refractivity contribution in [2.24, 2.45) is 5.73 Å². The van der Waals surface area contributed by atoms with Crippen molar-refractivity contribution in [3.8, 4) is 0 Å². The van der Waals surface area contributed by atoms with Gasteiger partial charge in [0.1, 0.15) is 0 Å². The van der Waals surface area contributed by atoms with Crippen LogP contribution < -0.4 is 11.1 Å². The van der Waals surface area contributed by atoms with Gasteiger partial charge >= 0.3 is 0 Å². The Labute approximate surface area is 107 Å². The summed E-state index contributed by atoms with van der Waals surface area (Å²) in [6.07, 6.45) is 0.794. The summed E-state index contributed by atoms with van der Waals surface area (Å²) in [7, 11) is 0. The molecule has 0 aliphatic rings. The van der Waals surface area contributed by atoms with Crippen molar-refractivity contribution >= 4 is 17.5 Å². The molecule has 0 spiro atoms. The number of hydrogen-bond acceptors (Lipinski definition) is 2. The fourth-order valence-corrected chi connectivity index (χ4v) is 1.65. The fourth-order valence-electron chi connectivity index (χ4n) is 1.52. The van der Waals surface area contributed by atoms with E-state index in [2.05, 4.69) is 5.32 Å². The predicted octanol–water partition coefficient (Wildman–Crippen LogP) is 2.08. The number of halogens is 1. The second kappa shape index (κ2) is 6.03. The van der Waals surface area contributed by atoms with Crippen molar-refractivity contribution < 1.29 is 4.79 Å². The van der Waals surface area contributed by atoms with Crippen LogP contribution >= 0.6 is 11.6 Å². The maximum Gasteiger partial charge on any atom is 0.230 e. The first kappa shape index (κ1) is 14.0. The molecule has 0 unspecified atom stereocenters. The molecule has 0 aliphatic carbocycles. The Hall–Kier alpha value is -1.06. The highest BCUT2D eigenvalue weighted by Gasteiger charge is 2.29. The molecule has 0 saturated heterocycles. The van der Waals surface area contributed by atoms with E-state index >= 15 is 0 Å². The van der Waals surface area contributed by atoms with Gasteiger partial charge in [-0.25, -0.2) is 0 Å².